The van der Waals surface area contributed by atoms with Crippen molar-refractivity contribution in [2.45, 2.75) is 17.6 Å². The first-order chi connectivity index (χ1) is 14.4. The average Bonchev–Trinajstić information content (AvgIpc) is 3.36. The molecular formula is C20H18N4O4S2. The number of rotatable bonds is 7. The second-order valence-electron chi connectivity index (χ2n) is 6.71. The number of carboxylic acid groups (broad SMARTS) is 1. The summed E-state index contributed by atoms with van der Waals surface area (Å²) in [5.41, 5.74) is 1.56. The van der Waals surface area contributed by atoms with Gasteiger partial charge in [-0.05, 0) is 23.1 Å². The number of carboxylic acids is 1. The number of hydrogen-bond donors (Lipinski definition) is 3. The van der Waals surface area contributed by atoms with Crippen LogP contribution in [0.15, 0.2) is 51.9 Å². The van der Waals surface area contributed by atoms with Crippen molar-refractivity contribution in [3.8, 4) is 0 Å². The number of carbonyl (C=O) groups is 2. The Morgan fingerprint density at radius 2 is 2.10 bits per heavy atom. The number of aromatic nitrogens is 3. The van der Waals surface area contributed by atoms with E-state index in [2.05, 4.69) is 15.3 Å². The molecule has 3 N–H and O–H groups in total. The Bertz CT molecular complexity index is 1310. The molecule has 3 aromatic heterocycles. The van der Waals surface area contributed by atoms with Crippen molar-refractivity contribution >= 4 is 56.1 Å². The van der Waals surface area contributed by atoms with Crippen LogP contribution in [0, 0.1) is 0 Å². The Morgan fingerprint density at radius 1 is 1.30 bits per heavy atom. The van der Waals surface area contributed by atoms with E-state index in [1.165, 1.54) is 15.9 Å². The third-order valence-corrected chi connectivity index (χ3v) is 6.57. The predicted octanol–water partition coefficient (Wildman–Crippen LogP) is 2.38. The van der Waals surface area contributed by atoms with Crippen LogP contribution in [0.3, 0.4) is 0 Å². The van der Waals surface area contributed by atoms with E-state index >= 15 is 0 Å². The average molecular weight is 443 g/mol. The maximum absolute atomic E-state index is 12.4. The number of nitrogens with one attached hydrogen (secondary N) is 2. The minimum Gasteiger partial charge on any atom is -0.480 e. The number of carbonyl (C=O) groups excluding carboxylic acids is 1. The molecule has 154 valence electrons. The monoisotopic (exact) mass is 442 g/mol. The van der Waals surface area contributed by atoms with Gasteiger partial charge < -0.3 is 15.4 Å². The zero-order valence-corrected chi connectivity index (χ0v) is 17.5. The normalized spacial score (nSPS) is 12.3. The van der Waals surface area contributed by atoms with Crippen molar-refractivity contribution in [1.29, 1.82) is 0 Å². The summed E-state index contributed by atoms with van der Waals surface area (Å²) in [6.07, 6.45) is 1.92. The molecule has 1 atom stereocenters. The highest BCUT2D eigenvalue weighted by atomic mass is 32.2. The van der Waals surface area contributed by atoms with E-state index in [0.29, 0.717) is 15.4 Å². The quantitative estimate of drug-likeness (QED) is 0.299. The van der Waals surface area contributed by atoms with Gasteiger partial charge in [-0.3, -0.25) is 14.2 Å². The summed E-state index contributed by atoms with van der Waals surface area (Å²) in [6, 6.07) is 8.25. The molecule has 0 radical (unpaired) electrons. The molecule has 0 aliphatic carbocycles. The van der Waals surface area contributed by atoms with Crippen molar-refractivity contribution < 1.29 is 14.7 Å². The Morgan fingerprint density at radius 3 is 2.90 bits per heavy atom. The molecule has 1 unspecified atom stereocenters. The van der Waals surface area contributed by atoms with Crippen LogP contribution in [-0.2, 0) is 23.1 Å². The molecule has 1 amide bonds. The number of H-pyrrole nitrogens is 1. The van der Waals surface area contributed by atoms with Crippen molar-refractivity contribution in [2.24, 2.45) is 7.05 Å². The third kappa shape index (κ3) is 3.96. The molecular weight excluding hydrogens is 424 g/mol. The molecule has 0 aliphatic heterocycles. The number of thioether (sulfide) groups is 1. The SMILES string of the molecule is Cn1c(SCC(=O)NC(Cc2c[nH]c3ccccc23)C(=O)O)nc2sccc2c1=O. The molecule has 10 heteroatoms. The lowest BCUT2D eigenvalue weighted by Crippen LogP contribution is -2.43. The van der Waals surface area contributed by atoms with Gasteiger partial charge in [0, 0.05) is 30.6 Å². The smallest absolute Gasteiger partial charge is 0.326 e. The van der Waals surface area contributed by atoms with Crippen molar-refractivity contribution in [2.75, 3.05) is 5.75 Å². The van der Waals surface area contributed by atoms with E-state index in [1.807, 2.05) is 24.3 Å². The van der Waals surface area contributed by atoms with Crippen molar-refractivity contribution in [3.63, 3.8) is 0 Å². The van der Waals surface area contributed by atoms with Crippen molar-refractivity contribution in [3.05, 3.63) is 57.8 Å². The number of amides is 1. The molecule has 4 rings (SSSR count). The van der Waals surface area contributed by atoms with Gasteiger partial charge in [0.1, 0.15) is 10.9 Å². The summed E-state index contributed by atoms with van der Waals surface area (Å²) in [6.45, 7) is 0. The molecule has 4 aromatic rings. The minimum atomic E-state index is -1.11. The number of fused-ring (bicyclic) bond motifs is 2. The lowest BCUT2D eigenvalue weighted by molar-refractivity contribution is -0.141. The summed E-state index contributed by atoms with van der Waals surface area (Å²) in [5, 5.41) is 15.8. The Kier molecular flexibility index (Phi) is 5.60. The summed E-state index contributed by atoms with van der Waals surface area (Å²) in [4.78, 5) is 44.6. The Labute approximate surface area is 178 Å². The fourth-order valence-corrected chi connectivity index (χ4v) is 4.78. The van der Waals surface area contributed by atoms with Gasteiger partial charge in [-0.1, -0.05) is 30.0 Å². The minimum absolute atomic E-state index is 0.0468. The van der Waals surface area contributed by atoms with E-state index in [9.17, 15) is 19.5 Å². The van der Waals surface area contributed by atoms with E-state index in [1.54, 1.807) is 24.7 Å². The number of thiophene rings is 1. The van der Waals surface area contributed by atoms with Gasteiger partial charge in [-0.25, -0.2) is 9.78 Å². The topological polar surface area (TPSA) is 117 Å². The number of benzene rings is 1. The summed E-state index contributed by atoms with van der Waals surface area (Å²) in [7, 11) is 1.60. The fraction of sp³-hybridized carbons (Fsp3) is 0.200. The third-order valence-electron chi connectivity index (χ3n) is 4.73. The molecule has 30 heavy (non-hydrogen) atoms. The van der Waals surface area contributed by atoms with Crippen LogP contribution in [0.5, 0.6) is 0 Å². The standard InChI is InChI=1S/C20H18N4O4S2/c1-24-18(26)13-6-7-29-17(13)23-20(24)30-10-16(25)22-15(19(27)28)8-11-9-21-14-5-3-2-4-12(11)14/h2-7,9,15,21H,8,10H2,1H3,(H,22,25)(H,27,28). The molecule has 3 heterocycles. The second-order valence-corrected chi connectivity index (χ2v) is 8.55. The summed E-state index contributed by atoms with van der Waals surface area (Å²) < 4.78 is 1.40. The first-order valence-corrected chi connectivity index (χ1v) is 10.9. The summed E-state index contributed by atoms with van der Waals surface area (Å²) >= 11 is 2.46. The first kappa shape index (κ1) is 20.2. The van der Waals surface area contributed by atoms with Crippen LogP contribution in [0.4, 0.5) is 0 Å². The van der Waals surface area contributed by atoms with Gasteiger partial charge in [0.2, 0.25) is 5.91 Å². The van der Waals surface area contributed by atoms with E-state index < -0.39 is 17.9 Å². The highest BCUT2D eigenvalue weighted by Gasteiger charge is 2.22. The molecule has 0 fully saturated rings. The number of aromatic amines is 1. The van der Waals surface area contributed by atoms with Crippen LogP contribution >= 0.6 is 23.1 Å². The van der Waals surface area contributed by atoms with Crippen molar-refractivity contribution in [1.82, 2.24) is 19.9 Å². The molecule has 1 aromatic carbocycles. The van der Waals surface area contributed by atoms with Gasteiger partial charge in [0.05, 0.1) is 11.1 Å². The lowest BCUT2D eigenvalue weighted by atomic mass is 10.1. The Hall–Kier alpha value is -3.11. The number of hydrogen-bond acceptors (Lipinski definition) is 6. The zero-order valence-electron chi connectivity index (χ0n) is 15.9. The molecule has 8 nitrogen and oxygen atoms in total. The largest absolute Gasteiger partial charge is 0.480 e. The maximum Gasteiger partial charge on any atom is 0.326 e. The highest BCUT2D eigenvalue weighted by molar-refractivity contribution is 7.99. The van der Waals surface area contributed by atoms with Gasteiger partial charge in [0.15, 0.2) is 5.16 Å². The van der Waals surface area contributed by atoms with E-state index in [-0.39, 0.29) is 17.7 Å². The zero-order chi connectivity index (χ0) is 21.3. The number of para-hydroxylation sites is 1. The molecule has 0 saturated carbocycles. The van der Waals surface area contributed by atoms with Gasteiger partial charge >= 0.3 is 5.97 Å². The fourth-order valence-electron chi connectivity index (χ4n) is 3.20. The molecule has 0 aliphatic rings. The molecule has 0 saturated heterocycles. The second kappa shape index (κ2) is 8.33. The van der Waals surface area contributed by atoms with Gasteiger partial charge in [0.25, 0.3) is 5.56 Å². The van der Waals surface area contributed by atoms with Crippen LogP contribution in [0.2, 0.25) is 0 Å². The van der Waals surface area contributed by atoms with E-state index in [4.69, 9.17) is 0 Å². The molecule has 0 spiro atoms. The molecule has 0 bridgehead atoms. The number of aliphatic carboxylic acids is 1. The van der Waals surface area contributed by atoms with Crippen LogP contribution in [-0.4, -0.2) is 43.3 Å². The first-order valence-electron chi connectivity index (χ1n) is 9.08. The van der Waals surface area contributed by atoms with Gasteiger partial charge in [-0.2, -0.15) is 0 Å². The maximum atomic E-state index is 12.4. The number of nitrogens with zero attached hydrogens (tertiary/aromatic N) is 2. The van der Waals surface area contributed by atoms with Crippen LogP contribution in [0.1, 0.15) is 5.56 Å². The predicted molar refractivity (Wildman–Crippen MR) is 117 cm³/mol. The highest BCUT2D eigenvalue weighted by Crippen LogP contribution is 2.21. The van der Waals surface area contributed by atoms with Gasteiger partial charge in [-0.15, -0.1) is 11.3 Å². The lowest BCUT2D eigenvalue weighted by Gasteiger charge is -2.14. The Balaban J connectivity index is 1.44. The van der Waals surface area contributed by atoms with E-state index in [0.717, 1.165) is 28.2 Å². The summed E-state index contributed by atoms with van der Waals surface area (Å²) in [5.74, 6) is -1.59. The van der Waals surface area contributed by atoms with Crippen LogP contribution in [0.25, 0.3) is 21.1 Å². The van der Waals surface area contributed by atoms with Crippen LogP contribution < -0.4 is 10.9 Å².